The normalized spacial score (nSPS) is 11.6. The van der Waals surface area contributed by atoms with Gasteiger partial charge in [-0.1, -0.05) is 31.4 Å². The summed E-state index contributed by atoms with van der Waals surface area (Å²) < 4.78 is 38.4. The first kappa shape index (κ1) is 17.0. The summed E-state index contributed by atoms with van der Waals surface area (Å²) >= 11 is 0. The zero-order chi connectivity index (χ0) is 18.0. The number of fused-ring (bicyclic) bond motifs is 1. The van der Waals surface area contributed by atoms with E-state index in [0.29, 0.717) is 24.0 Å². The molecule has 2 nitrogen and oxygen atoms in total. The summed E-state index contributed by atoms with van der Waals surface area (Å²) in [5, 5.41) is 0. The van der Waals surface area contributed by atoms with Crippen molar-refractivity contribution in [1.82, 2.24) is 9.97 Å². The first-order valence-electron chi connectivity index (χ1n) is 7.81. The van der Waals surface area contributed by atoms with Gasteiger partial charge in [-0.15, -0.1) is 0 Å². The molecule has 2 aromatic carbocycles. The summed E-state index contributed by atoms with van der Waals surface area (Å²) in [4.78, 5) is 7.22. The molecule has 128 valence electrons. The van der Waals surface area contributed by atoms with Crippen molar-refractivity contribution in [2.45, 2.75) is 19.0 Å². The van der Waals surface area contributed by atoms with Gasteiger partial charge < -0.3 is 4.98 Å². The zero-order valence-electron chi connectivity index (χ0n) is 13.5. The first-order chi connectivity index (χ1) is 11.8. The molecular formula is C20H17F3N2. The van der Waals surface area contributed by atoms with Crippen LogP contribution in [0.5, 0.6) is 0 Å². The third kappa shape index (κ3) is 3.82. The fourth-order valence-electron chi connectivity index (χ4n) is 2.66. The molecule has 0 aliphatic heterocycles. The van der Waals surface area contributed by atoms with Crippen LogP contribution in [0.15, 0.2) is 61.9 Å². The molecule has 0 bridgehead atoms. The predicted molar refractivity (Wildman–Crippen MR) is 94.8 cm³/mol. The number of hydrogen-bond donors (Lipinski definition) is 1. The number of hydrogen-bond acceptors (Lipinski definition) is 1. The number of nitrogens with one attached hydrogen (secondary N) is 1. The third-order valence-electron chi connectivity index (χ3n) is 4.16. The van der Waals surface area contributed by atoms with Crippen molar-refractivity contribution in [3.63, 3.8) is 0 Å². The Balaban J connectivity index is 1.68. The Morgan fingerprint density at radius 1 is 0.960 bits per heavy atom. The largest absolute Gasteiger partial charge is 0.416 e. The molecule has 0 unspecified atom stereocenters. The number of rotatable bonds is 5. The van der Waals surface area contributed by atoms with Crippen LogP contribution >= 0.6 is 0 Å². The van der Waals surface area contributed by atoms with Gasteiger partial charge in [0.15, 0.2) is 0 Å². The van der Waals surface area contributed by atoms with Crippen LogP contribution in [0.1, 0.15) is 29.5 Å². The molecule has 1 aromatic heterocycles. The fraction of sp³-hybridized carbons (Fsp3) is 0.150. The van der Waals surface area contributed by atoms with Gasteiger partial charge in [-0.25, -0.2) is 4.98 Å². The van der Waals surface area contributed by atoms with Gasteiger partial charge in [-0.3, -0.25) is 0 Å². The van der Waals surface area contributed by atoms with Gasteiger partial charge in [0.25, 0.3) is 0 Å². The minimum Gasteiger partial charge on any atom is -0.345 e. The molecule has 0 spiro atoms. The van der Waals surface area contributed by atoms with E-state index >= 15 is 0 Å². The second-order valence-electron chi connectivity index (χ2n) is 5.92. The lowest BCUT2D eigenvalue weighted by Gasteiger charge is -2.12. The molecule has 3 rings (SSSR count). The van der Waals surface area contributed by atoms with E-state index in [4.69, 9.17) is 0 Å². The van der Waals surface area contributed by atoms with Crippen LogP contribution < -0.4 is 0 Å². The van der Waals surface area contributed by atoms with E-state index in [2.05, 4.69) is 23.1 Å². The average Bonchev–Trinajstić information content (AvgIpc) is 3.06. The minimum atomic E-state index is -4.35. The Morgan fingerprint density at radius 2 is 1.64 bits per heavy atom. The fourth-order valence-corrected chi connectivity index (χ4v) is 2.66. The van der Waals surface area contributed by atoms with Gasteiger partial charge in [0.05, 0.1) is 22.9 Å². The van der Waals surface area contributed by atoms with Crippen LogP contribution in [-0.4, -0.2) is 9.97 Å². The maximum atomic E-state index is 12.8. The lowest BCUT2D eigenvalue weighted by molar-refractivity contribution is -0.137. The van der Waals surface area contributed by atoms with Crippen molar-refractivity contribution in [2.24, 2.45) is 0 Å². The van der Waals surface area contributed by atoms with Crippen molar-refractivity contribution in [1.29, 1.82) is 0 Å². The maximum absolute atomic E-state index is 12.8. The highest BCUT2D eigenvalue weighted by Gasteiger charge is 2.30. The van der Waals surface area contributed by atoms with Crippen LogP contribution in [0.2, 0.25) is 0 Å². The van der Waals surface area contributed by atoms with Crippen LogP contribution in [0.4, 0.5) is 13.2 Å². The van der Waals surface area contributed by atoms with Gasteiger partial charge in [0.2, 0.25) is 0 Å². The third-order valence-corrected chi connectivity index (χ3v) is 4.16. The van der Waals surface area contributed by atoms with Gasteiger partial charge in [-0.05, 0) is 59.4 Å². The Labute approximate surface area is 143 Å². The second kappa shape index (κ2) is 6.59. The average molecular weight is 342 g/mol. The molecule has 25 heavy (non-hydrogen) atoms. The number of aromatic amines is 1. The number of alkyl halides is 3. The summed E-state index contributed by atoms with van der Waals surface area (Å²) in [6.07, 6.45) is -1.55. The monoisotopic (exact) mass is 342 g/mol. The van der Waals surface area contributed by atoms with E-state index in [-0.39, 0.29) is 0 Å². The zero-order valence-corrected chi connectivity index (χ0v) is 13.5. The van der Waals surface area contributed by atoms with Crippen LogP contribution in [0, 0.1) is 0 Å². The first-order valence-corrected chi connectivity index (χ1v) is 7.81. The lowest BCUT2D eigenvalue weighted by atomic mass is 9.96. The summed E-state index contributed by atoms with van der Waals surface area (Å²) in [6.45, 7) is 8.01. The van der Waals surface area contributed by atoms with Crippen LogP contribution in [-0.2, 0) is 6.18 Å². The van der Waals surface area contributed by atoms with E-state index in [1.165, 1.54) is 6.07 Å². The van der Waals surface area contributed by atoms with Gasteiger partial charge in [0, 0.05) is 0 Å². The van der Waals surface area contributed by atoms with Gasteiger partial charge >= 0.3 is 6.18 Å². The van der Waals surface area contributed by atoms with Gasteiger partial charge in [0.1, 0.15) is 0 Å². The van der Waals surface area contributed by atoms with E-state index in [9.17, 15) is 13.2 Å². The molecule has 0 atom stereocenters. The predicted octanol–water partition coefficient (Wildman–Crippen LogP) is 6.09. The smallest absolute Gasteiger partial charge is 0.345 e. The van der Waals surface area contributed by atoms with E-state index in [1.807, 2.05) is 18.2 Å². The summed E-state index contributed by atoms with van der Waals surface area (Å²) in [6, 6.07) is 11.1. The Kier molecular flexibility index (Phi) is 4.49. The molecule has 0 fully saturated rings. The summed E-state index contributed by atoms with van der Waals surface area (Å²) in [5.41, 5.74) is 4.20. The van der Waals surface area contributed by atoms with Crippen molar-refractivity contribution >= 4 is 22.2 Å². The van der Waals surface area contributed by atoms with E-state index < -0.39 is 11.7 Å². The summed E-state index contributed by atoms with van der Waals surface area (Å²) in [5.74, 6) is 0. The SMILES string of the molecule is C=C(CCC(=C)c1ccc2nc[nH]c2c1)c1cccc(C(F)(F)F)c1. The highest BCUT2D eigenvalue weighted by Crippen LogP contribution is 2.32. The lowest BCUT2D eigenvalue weighted by Crippen LogP contribution is -2.05. The topological polar surface area (TPSA) is 28.7 Å². The number of benzene rings is 2. The Bertz CT molecular complexity index is 935. The number of imidazole rings is 1. The standard InChI is InChI=1S/C20H17F3N2/c1-13(15-4-3-5-17(10-15)20(21,22)23)6-7-14(2)16-8-9-18-19(11-16)25-12-24-18/h3-5,8-12H,1-2,6-7H2,(H,24,25). The van der Waals surface area contributed by atoms with Crippen molar-refractivity contribution in [3.05, 3.63) is 78.6 Å². The van der Waals surface area contributed by atoms with Crippen molar-refractivity contribution in [2.75, 3.05) is 0 Å². The number of nitrogens with zero attached hydrogens (tertiary/aromatic N) is 1. The van der Waals surface area contributed by atoms with E-state index in [0.717, 1.165) is 34.3 Å². The molecule has 0 saturated heterocycles. The molecule has 0 aliphatic rings. The number of halogens is 3. The minimum absolute atomic E-state index is 0.506. The van der Waals surface area contributed by atoms with Crippen LogP contribution in [0.3, 0.4) is 0 Å². The number of allylic oxidation sites excluding steroid dienone is 2. The summed E-state index contributed by atoms with van der Waals surface area (Å²) in [7, 11) is 0. The molecule has 3 aromatic rings. The van der Waals surface area contributed by atoms with Gasteiger partial charge in [-0.2, -0.15) is 13.2 Å². The molecule has 1 heterocycles. The Morgan fingerprint density at radius 3 is 2.32 bits per heavy atom. The molecule has 5 heteroatoms. The molecule has 0 saturated carbocycles. The molecule has 0 radical (unpaired) electrons. The highest BCUT2D eigenvalue weighted by molar-refractivity contribution is 5.80. The van der Waals surface area contributed by atoms with E-state index in [1.54, 1.807) is 12.4 Å². The quantitative estimate of drug-likeness (QED) is 0.597. The molecule has 1 N–H and O–H groups in total. The van der Waals surface area contributed by atoms with Crippen molar-refractivity contribution in [3.8, 4) is 0 Å². The van der Waals surface area contributed by atoms with Crippen LogP contribution in [0.25, 0.3) is 22.2 Å². The number of aromatic nitrogens is 2. The molecule has 0 amide bonds. The molecular weight excluding hydrogens is 325 g/mol. The molecule has 0 aliphatic carbocycles. The second-order valence-corrected chi connectivity index (χ2v) is 5.92. The maximum Gasteiger partial charge on any atom is 0.416 e. The Hall–Kier alpha value is -2.82. The highest BCUT2D eigenvalue weighted by atomic mass is 19.4. The number of H-pyrrole nitrogens is 1. The van der Waals surface area contributed by atoms with Crippen molar-refractivity contribution < 1.29 is 13.2 Å².